The zero-order valence-electron chi connectivity index (χ0n) is 19.2. The van der Waals surface area contributed by atoms with Crippen molar-refractivity contribution in [2.24, 2.45) is 0 Å². The van der Waals surface area contributed by atoms with Gasteiger partial charge >= 0.3 is 0 Å². The molecule has 0 saturated heterocycles. The first-order valence-electron chi connectivity index (χ1n) is 11.8. The smallest absolute Gasteiger partial charge is 0.223 e. The molecule has 0 bridgehead atoms. The van der Waals surface area contributed by atoms with Crippen LogP contribution in [0.2, 0.25) is 0 Å². The standard InChI is InChI=1S/C27H32FN3O/c1-4-24(32)31-17-12-22-21-10-5-6-11-23(21)29-25(22)27(31)15-13-26(14-16-27,30(2)3)19-8-7-9-20(28)18-19/h5-11,18,29H,4,12-17H2,1-3H3. The molecule has 1 aliphatic carbocycles. The average molecular weight is 434 g/mol. The number of hydrogen-bond donors (Lipinski definition) is 1. The molecule has 5 rings (SSSR count). The second kappa shape index (κ2) is 7.73. The first-order valence-corrected chi connectivity index (χ1v) is 11.8. The summed E-state index contributed by atoms with van der Waals surface area (Å²) in [5, 5.41) is 1.28. The summed E-state index contributed by atoms with van der Waals surface area (Å²) in [6.45, 7) is 2.72. The Balaban J connectivity index is 1.61. The maximum atomic E-state index is 14.2. The minimum Gasteiger partial charge on any atom is -0.356 e. The van der Waals surface area contributed by atoms with Gasteiger partial charge in [0.25, 0.3) is 0 Å². The molecule has 1 saturated carbocycles. The van der Waals surface area contributed by atoms with Crippen molar-refractivity contribution in [1.29, 1.82) is 0 Å². The van der Waals surface area contributed by atoms with Crippen molar-refractivity contribution >= 4 is 16.8 Å². The lowest BCUT2D eigenvalue weighted by Crippen LogP contribution is -2.58. The van der Waals surface area contributed by atoms with Crippen LogP contribution in [0.25, 0.3) is 10.9 Å². The highest BCUT2D eigenvalue weighted by Gasteiger charge is 2.52. The molecule has 3 aromatic rings. The van der Waals surface area contributed by atoms with E-state index in [-0.39, 0.29) is 22.8 Å². The van der Waals surface area contributed by atoms with Crippen molar-refractivity contribution < 1.29 is 9.18 Å². The number of aromatic amines is 1. The van der Waals surface area contributed by atoms with E-state index >= 15 is 0 Å². The second-order valence-electron chi connectivity index (χ2n) is 9.64. The van der Waals surface area contributed by atoms with Crippen LogP contribution in [0.1, 0.15) is 55.8 Å². The van der Waals surface area contributed by atoms with Gasteiger partial charge in [-0.1, -0.05) is 37.3 Å². The molecule has 0 atom stereocenters. The summed E-state index contributed by atoms with van der Waals surface area (Å²) < 4.78 is 14.2. The molecule has 4 nitrogen and oxygen atoms in total. The fourth-order valence-corrected chi connectivity index (χ4v) is 6.35. The third-order valence-corrected chi connectivity index (χ3v) is 8.11. The number of H-pyrrole nitrogens is 1. The largest absolute Gasteiger partial charge is 0.356 e. The van der Waals surface area contributed by atoms with Gasteiger partial charge in [-0.2, -0.15) is 0 Å². The highest BCUT2D eigenvalue weighted by molar-refractivity contribution is 5.86. The normalized spacial score (nSPS) is 25.5. The lowest BCUT2D eigenvalue weighted by atomic mass is 9.65. The number of para-hydroxylation sites is 1. The number of fused-ring (bicyclic) bond motifs is 4. The molecule has 2 aromatic carbocycles. The molecule has 1 aromatic heterocycles. The van der Waals surface area contributed by atoms with Gasteiger partial charge in [0, 0.05) is 35.1 Å². The van der Waals surface area contributed by atoms with Gasteiger partial charge in [0.1, 0.15) is 5.82 Å². The van der Waals surface area contributed by atoms with Crippen molar-refractivity contribution in [2.45, 2.75) is 56.5 Å². The molecule has 1 fully saturated rings. The van der Waals surface area contributed by atoms with E-state index in [1.807, 2.05) is 19.1 Å². The first-order chi connectivity index (χ1) is 15.4. The van der Waals surface area contributed by atoms with Crippen molar-refractivity contribution in [3.63, 3.8) is 0 Å². The topological polar surface area (TPSA) is 39.3 Å². The van der Waals surface area contributed by atoms with E-state index in [0.717, 1.165) is 49.7 Å². The lowest BCUT2D eigenvalue weighted by Gasteiger charge is -2.55. The molecule has 5 heteroatoms. The average Bonchev–Trinajstić information content (AvgIpc) is 3.19. The molecular weight excluding hydrogens is 401 g/mol. The van der Waals surface area contributed by atoms with Crippen molar-refractivity contribution in [3.8, 4) is 0 Å². The van der Waals surface area contributed by atoms with Crippen molar-refractivity contribution in [1.82, 2.24) is 14.8 Å². The van der Waals surface area contributed by atoms with Gasteiger partial charge in [-0.3, -0.25) is 9.69 Å². The van der Waals surface area contributed by atoms with Crippen molar-refractivity contribution in [3.05, 3.63) is 71.2 Å². The monoisotopic (exact) mass is 433 g/mol. The number of amides is 1. The fraction of sp³-hybridized carbons (Fsp3) is 0.444. The Bertz CT molecular complexity index is 1160. The van der Waals surface area contributed by atoms with E-state index in [1.54, 1.807) is 6.07 Å². The zero-order valence-corrected chi connectivity index (χ0v) is 19.2. The Morgan fingerprint density at radius 1 is 1.09 bits per heavy atom. The number of rotatable bonds is 3. The van der Waals surface area contributed by atoms with Crippen LogP contribution in [0.4, 0.5) is 4.39 Å². The molecule has 1 amide bonds. The summed E-state index contributed by atoms with van der Waals surface area (Å²) >= 11 is 0. The second-order valence-corrected chi connectivity index (χ2v) is 9.64. The number of carbonyl (C=O) groups excluding carboxylic acids is 1. The van der Waals surface area contributed by atoms with E-state index in [4.69, 9.17) is 0 Å². The summed E-state index contributed by atoms with van der Waals surface area (Å²) in [6.07, 6.45) is 4.84. The van der Waals surface area contributed by atoms with Crippen LogP contribution in [0.15, 0.2) is 48.5 Å². The molecule has 168 valence electrons. The molecule has 0 radical (unpaired) electrons. The van der Waals surface area contributed by atoms with E-state index < -0.39 is 0 Å². The molecular formula is C27H32FN3O. The van der Waals surface area contributed by atoms with Gasteiger partial charge in [-0.05, 0) is 75.5 Å². The Labute approximate surface area is 189 Å². The fourth-order valence-electron chi connectivity index (χ4n) is 6.35. The first kappa shape index (κ1) is 21.2. The maximum Gasteiger partial charge on any atom is 0.223 e. The number of hydrogen-bond acceptors (Lipinski definition) is 2. The maximum absolute atomic E-state index is 14.2. The third kappa shape index (κ3) is 3.01. The third-order valence-electron chi connectivity index (χ3n) is 8.11. The Hall–Kier alpha value is -2.66. The van der Waals surface area contributed by atoms with Gasteiger partial charge in [0.15, 0.2) is 0 Å². The van der Waals surface area contributed by atoms with Crippen molar-refractivity contribution in [2.75, 3.05) is 20.6 Å². The molecule has 1 N–H and O–H groups in total. The minimum absolute atomic E-state index is 0.192. The highest BCUT2D eigenvalue weighted by atomic mass is 19.1. The van der Waals surface area contributed by atoms with Crippen LogP contribution in [0.3, 0.4) is 0 Å². The quantitative estimate of drug-likeness (QED) is 0.607. The number of carbonyl (C=O) groups is 1. The molecule has 2 heterocycles. The van der Waals surface area contributed by atoms with Crippen LogP contribution in [-0.2, 0) is 22.3 Å². The van der Waals surface area contributed by atoms with Gasteiger partial charge in [0.05, 0.1) is 5.54 Å². The summed E-state index contributed by atoms with van der Waals surface area (Å²) in [4.78, 5) is 21.2. The molecule has 1 aliphatic heterocycles. The molecule has 0 unspecified atom stereocenters. The number of benzene rings is 2. The lowest BCUT2D eigenvalue weighted by molar-refractivity contribution is -0.142. The van der Waals surface area contributed by atoms with Crippen LogP contribution < -0.4 is 0 Å². The summed E-state index contributed by atoms with van der Waals surface area (Å²) in [7, 11) is 4.18. The number of nitrogens with one attached hydrogen (secondary N) is 1. The minimum atomic E-state index is -0.327. The summed E-state index contributed by atoms with van der Waals surface area (Å²) in [6, 6.07) is 15.5. The van der Waals surface area contributed by atoms with E-state index in [9.17, 15) is 9.18 Å². The highest BCUT2D eigenvalue weighted by Crippen LogP contribution is 2.53. The van der Waals surface area contributed by atoms with Crippen LogP contribution in [-0.4, -0.2) is 41.3 Å². The van der Waals surface area contributed by atoms with E-state index in [2.05, 4.69) is 53.1 Å². The van der Waals surface area contributed by atoms with Gasteiger partial charge in [-0.25, -0.2) is 4.39 Å². The van der Waals surface area contributed by atoms with Crippen LogP contribution in [0, 0.1) is 5.82 Å². The molecule has 32 heavy (non-hydrogen) atoms. The Kier molecular flexibility index (Phi) is 5.12. The Morgan fingerprint density at radius 3 is 2.53 bits per heavy atom. The van der Waals surface area contributed by atoms with Crippen LogP contribution >= 0.6 is 0 Å². The van der Waals surface area contributed by atoms with Gasteiger partial charge in [-0.15, -0.1) is 0 Å². The number of aromatic nitrogens is 1. The Morgan fingerprint density at radius 2 is 1.84 bits per heavy atom. The molecule has 1 spiro atoms. The zero-order chi connectivity index (χ0) is 22.5. The summed E-state index contributed by atoms with van der Waals surface area (Å²) in [5.41, 5.74) is 4.20. The van der Waals surface area contributed by atoms with E-state index in [0.29, 0.717) is 6.42 Å². The van der Waals surface area contributed by atoms with Crippen LogP contribution in [0.5, 0.6) is 0 Å². The van der Waals surface area contributed by atoms with Gasteiger partial charge < -0.3 is 9.88 Å². The predicted octanol–water partition coefficient (Wildman–Crippen LogP) is 5.33. The van der Waals surface area contributed by atoms with E-state index in [1.165, 1.54) is 22.7 Å². The SMILES string of the molecule is CCC(=O)N1CCc2c([nH]c3ccccc23)C12CCC(c1cccc(F)c1)(N(C)C)CC2. The molecule has 2 aliphatic rings. The van der Waals surface area contributed by atoms with Gasteiger partial charge in [0.2, 0.25) is 5.91 Å². The number of halogens is 1. The predicted molar refractivity (Wildman–Crippen MR) is 126 cm³/mol. The number of nitrogens with zero attached hydrogens (tertiary/aromatic N) is 2. The summed E-state index contributed by atoms with van der Waals surface area (Å²) in [5.74, 6) is 0.0276.